The van der Waals surface area contributed by atoms with E-state index in [0.717, 1.165) is 17.5 Å². The number of benzene rings is 1. The fraction of sp³-hybridized carbons (Fsp3) is 0.333. The second kappa shape index (κ2) is 6.69. The van der Waals surface area contributed by atoms with Crippen molar-refractivity contribution < 1.29 is 14.0 Å². The molecule has 2 heterocycles. The zero-order valence-electron chi connectivity index (χ0n) is 13.1. The van der Waals surface area contributed by atoms with Gasteiger partial charge in [-0.2, -0.15) is 0 Å². The Kier molecular flexibility index (Phi) is 4.46. The molecule has 1 aliphatic heterocycles. The van der Waals surface area contributed by atoms with Crippen molar-refractivity contribution in [3.8, 4) is 0 Å². The molecular formula is C18H20N2O3. The van der Waals surface area contributed by atoms with Crippen molar-refractivity contribution in [2.24, 2.45) is 0 Å². The van der Waals surface area contributed by atoms with Crippen LogP contribution < -0.4 is 5.32 Å². The van der Waals surface area contributed by atoms with Gasteiger partial charge in [-0.25, -0.2) is 0 Å². The smallest absolute Gasteiger partial charge is 0.290 e. The van der Waals surface area contributed by atoms with Crippen LogP contribution in [0.4, 0.5) is 0 Å². The van der Waals surface area contributed by atoms with Crippen LogP contribution in [-0.4, -0.2) is 29.3 Å². The molecule has 1 unspecified atom stereocenters. The Bertz CT molecular complexity index is 694. The van der Waals surface area contributed by atoms with E-state index in [1.54, 1.807) is 17.0 Å². The van der Waals surface area contributed by atoms with Crippen molar-refractivity contribution >= 4 is 11.8 Å². The molecular weight excluding hydrogens is 292 g/mol. The van der Waals surface area contributed by atoms with Crippen LogP contribution >= 0.6 is 0 Å². The summed E-state index contributed by atoms with van der Waals surface area (Å²) in [6.45, 7) is 3.03. The molecule has 0 saturated carbocycles. The molecule has 3 rings (SSSR count). The molecule has 5 heteroatoms. The van der Waals surface area contributed by atoms with Gasteiger partial charge in [0.15, 0.2) is 5.76 Å². The van der Waals surface area contributed by atoms with Crippen molar-refractivity contribution in [2.75, 3.05) is 6.54 Å². The highest BCUT2D eigenvalue weighted by atomic mass is 16.3. The number of amides is 2. The first-order chi connectivity index (χ1) is 11.2. The lowest BCUT2D eigenvalue weighted by Gasteiger charge is -2.35. The fourth-order valence-corrected chi connectivity index (χ4v) is 2.88. The predicted octanol–water partition coefficient (Wildman–Crippen LogP) is 2.37. The van der Waals surface area contributed by atoms with Gasteiger partial charge in [-0.1, -0.05) is 31.2 Å². The molecule has 5 nitrogen and oxygen atoms in total. The third-order valence-electron chi connectivity index (χ3n) is 4.09. The van der Waals surface area contributed by atoms with Crippen molar-refractivity contribution in [2.45, 2.75) is 32.4 Å². The minimum absolute atomic E-state index is 0.110. The van der Waals surface area contributed by atoms with Gasteiger partial charge in [0.25, 0.3) is 5.91 Å². The molecule has 0 saturated heterocycles. The lowest BCUT2D eigenvalue weighted by atomic mass is 9.93. The predicted molar refractivity (Wildman–Crippen MR) is 85.8 cm³/mol. The average Bonchev–Trinajstić information content (AvgIpc) is 3.12. The minimum atomic E-state index is -0.506. The lowest BCUT2D eigenvalue weighted by Crippen LogP contribution is -2.52. The zero-order valence-corrected chi connectivity index (χ0v) is 13.1. The second-order valence-electron chi connectivity index (χ2n) is 5.69. The zero-order chi connectivity index (χ0) is 16.2. The first kappa shape index (κ1) is 15.3. The molecule has 0 aliphatic carbocycles. The van der Waals surface area contributed by atoms with Gasteiger partial charge in [0.2, 0.25) is 5.91 Å². The van der Waals surface area contributed by atoms with Crippen LogP contribution in [0.15, 0.2) is 47.1 Å². The molecule has 0 spiro atoms. The second-order valence-corrected chi connectivity index (χ2v) is 5.69. The van der Waals surface area contributed by atoms with Crippen LogP contribution in [0, 0.1) is 0 Å². The number of carbonyl (C=O) groups is 2. The molecule has 0 fully saturated rings. The average molecular weight is 312 g/mol. The first-order valence-corrected chi connectivity index (χ1v) is 7.89. The Hall–Kier alpha value is -2.56. The number of nitrogens with one attached hydrogen (secondary N) is 1. The standard InChI is InChI=1S/C18H20N2O3/c1-2-9-19-17(21)15-11-13-6-3-4-7-14(13)12-20(15)18(22)16-8-5-10-23-16/h3-8,10,15H,2,9,11-12H2,1H3,(H,19,21). The van der Waals surface area contributed by atoms with E-state index in [4.69, 9.17) is 4.42 Å². The quantitative estimate of drug-likeness (QED) is 0.943. The van der Waals surface area contributed by atoms with Crippen molar-refractivity contribution in [3.63, 3.8) is 0 Å². The Balaban J connectivity index is 1.89. The number of carbonyl (C=O) groups excluding carboxylic acids is 2. The van der Waals surface area contributed by atoms with Crippen LogP contribution in [0.5, 0.6) is 0 Å². The molecule has 1 aromatic heterocycles. The summed E-state index contributed by atoms with van der Waals surface area (Å²) in [5, 5.41) is 2.90. The van der Waals surface area contributed by atoms with Crippen LogP contribution in [-0.2, 0) is 17.8 Å². The van der Waals surface area contributed by atoms with E-state index >= 15 is 0 Å². The van der Waals surface area contributed by atoms with E-state index in [9.17, 15) is 9.59 Å². The number of fused-ring (bicyclic) bond motifs is 1. The van der Waals surface area contributed by atoms with E-state index in [0.29, 0.717) is 19.5 Å². The maximum atomic E-state index is 12.7. The van der Waals surface area contributed by atoms with E-state index < -0.39 is 6.04 Å². The van der Waals surface area contributed by atoms with Crippen LogP contribution in [0.1, 0.15) is 35.0 Å². The third kappa shape index (κ3) is 3.13. The summed E-state index contributed by atoms with van der Waals surface area (Å²) in [5.74, 6) is -0.0971. The molecule has 1 N–H and O–H groups in total. The van der Waals surface area contributed by atoms with Gasteiger partial charge in [0.05, 0.1) is 6.26 Å². The van der Waals surface area contributed by atoms with E-state index in [1.165, 1.54) is 6.26 Å². The van der Waals surface area contributed by atoms with E-state index in [2.05, 4.69) is 5.32 Å². The molecule has 1 aliphatic rings. The maximum absolute atomic E-state index is 12.7. The first-order valence-electron chi connectivity index (χ1n) is 7.89. The minimum Gasteiger partial charge on any atom is -0.459 e. The number of nitrogens with zero attached hydrogens (tertiary/aromatic N) is 1. The number of hydrogen-bond acceptors (Lipinski definition) is 3. The molecule has 0 bridgehead atoms. The van der Waals surface area contributed by atoms with Gasteiger partial charge in [0, 0.05) is 19.5 Å². The van der Waals surface area contributed by atoms with Gasteiger partial charge in [0.1, 0.15) is 6.04 Å². The van der Waals surface area contributed by atoms with E-state index in [1.807, 2.05) is 31.2 Å². The molecule has 0 radical (unpaired) electrons. The molecule has 1 aromatic carbocycles. The highest BCUT2D eigenvalue weighted by molar-refractivity contribution is 5.96. The van der Waals surface area contributed by atoms with Gasteiger partial charge < -0.3 is 14.6 Å². The normalized spacial score (nSPS) is 16.7. The Morgan fingerprint density at radius 2 is 2.00 bits per heavy atom. The van der Waals surface area contributed by atoms with Crippen LogP contribution in [0.25, 0.3) is 0 Å². The molecule has 1 atom stereocenters. The Morgan fingerprint density at radius 1 is 1.22 bits per heavy atom. The monoisotopic (exact) mass is 312 g/mol. The summed E-state index contributed by atoms with van der Waals surface area (Å²) in [5.41, 5.74) is 2.19. The van der Waals surface area contributed by atoms with E-state index in [-0.39, 0.29) is 17.6 Å². The summed E-state index contributed by atoms with van der Waals surface area (Å²) < 4.78 is 5.22. The fourth-order valence-electron chi connectivity index (χ4n) is 2.88. The summed E-state index contributed by atoms with van der Waals surface area (Å²) in [6.07, 6.45) is 2.86. The summed E-state index contributed by atoms with van der Waals surface area (Å²) in [6, 6.07) is 10.7. The lowest BCUT2D eigenvalue weighted by molar-refractivity contribution is -0.126. The van der Waals surface area contributed by atoms with Crippen molar-refractivity contribution in [3.05, 3.63) is 59.5 Å². The topological polar surface area (TPSA) is 62.6 Å². The van der Waals surface area contributed by atoms with Crippen LogP contribution in [0.3, 0.4) is 0 Å². The highest BCUT2D eigenvalue weighted by Gasteiger charge is 2.35. The highest BCUT2D eigenvalue weighted by Crippen LogP contribution is 2.25. The Morgan fingerprint density at radius 3 is 2.70 bits per heavy atom. The van der Waals surface area contributed by atoms with Gasteiger partial charge in [-0.3, -0.25) is 9.59 Å². The van der Waals surface area contributed by atoms with Gasteiger partial charge in [-0.05, 0) is 29.7 Å². The summed E-state index contributed by atoms with van der Waals surface area (Å²) >= 11 is 0. The van der Waals surface area contributed by atoms with Crippen molar-refractivity contribution in [1.29, 1.82) is 0 Å². The number of hydrogen-bond donors (Lipinski definition) is 1. The van der Waals surface area contributed by atoms with Gasteiger partial charge >= 0.3 is 0 Å². The van der Waals surface area contributed by atoms with Gasteiger partial charge in [-0.15, -0.1) is 0 Å². The molecule has 2 aromatic rings. The maximum Gasteiger partial charge on any atom is 0.290 e. The molecule has 120 valence electrons. The SMILES string of the molecule is CCCNC(=O)C1Cc2ccccc2CN1C(=O)c1ccco1. The Labute approximate surface area is 135 Å². The summed E-state index contributed by atoms with van der Waals surface area (Å²) in [7, 11) is 0. The molecule has 2 amide bonds. The van der Waals surface area contributed by atoms with Crippen LogP contribution in [0.2, 0.25) is 0 Å². The number of rotatable bonds is 4. The number of furan rings is 1. The summed E-state index contributed by atoms with van der Waals surface area (Å²) in [4.78, 5) is 26.8. The van der Waals surface area contributed by atoms with Crippen molar-refractivity contribution in [1.82, 2.24) is 10.2 Å². The largest absolute Gasteiger partial charge is 0.459 e. The third-order valence-corrected chi connectivity index (χ3v) is 4.09. The molecule has 23 heavy (non-hydrogen) atoms.